The lowest BCUT2D eigenvalue weighted by atomic mass is 10.1. The molecule has 0 saturated carbocycles. The summed E-state index contributed by atoms with van der Waals surface area (Å²) in [6, 6.07) is 2.80. The summed E-state index contributed by atoms with van der Waals surface area (Å²) in [4.78, 5) is 11.0. The second-order valence-corrected chi connectivity index (χ2v) is 4.67. The van der Waals surface area contributed by atoms with Gasteiger partial charge in [0.1, 0.15) is 0 Å². The van der Waals surface area contributed by atoms with Gasteiger partial charge in [-0.05, 0) is 57.6 Å². The second-order valence-electron chi connectivity index (χ2n) is 2.72. The van der Waals surface area contributed by atoms with Gasteiger partial charge in [0.15, 0.2) is 5.78 Å². The van der Waals surface area contributed by atoms with E-state index in [1.807, 2.05) is 22.6 Å². The van der Waals surface area contributed by atoms with Crippen molar-refractivity contribution in [2.75, 3.05) is 0 Å². The fraction of sp³-hybridized carbons (Fsp3) is 0.222. The fourth-order valence-electron chi connectivity index (χ4n) is 0.972. The topological polar surface area (TPSA) is 17.1 Å². The Balaban J connectivity index is 3.35. The number of alkyl halides is 2. The summed E-state index contributed by atoms with van der Waals surface area (Å²) in [5.74, 6) is -0.211. The molecule has 0 aliphatic carbocycles. The van der Waals surface area contributed by atoms with Crippen LogP contribution in [-0.4, -0.2) is 5.78 Å². The van der Waals surface area contributed by atoms with Gasteiger partial charge in [0.05, 0.1) is 0 Å². The molecule has 14 heavy (non-hydrogen) atoms. The van der Waals surface area contributed by atoms with E-state index in [4.69, 9.17) is 0 Å². The van der Waals surface area contributed by atoms with Gasteiger partial charge in [0, 0.05) is 19.2 Å². The number of carbonyl (C=O) groups excluding carboxylic acids is 1. The van der Waals surface area contributed by atoms with Crippen molar-refractivity contribution in [2.45, 2.75) is 13.3 Å². The summed E-state index contributed by atoms with van der Waals surface area (Å²) in [6.45, 7) is 1.36. The molecule has 5 heteroatoms. The molecule has 0 fully saturated rings. The van der Waals surface area contributed by atoms with Crippen molar-refractivity contribution in [3.63, 3.8) is 0 Å². The Morgan fingerprint density at radius 1 is 1.50 bits per heavy atom. The third-order valence-electron chi connectivity index (χ3n) is 1.70. The van der Waals surface area contributed by atoms with Crippen LogP contribution in [-0.2, 0) is 0 Å². The number of ketones is 1. The minimum absolute atomic E-state index is 0.137. The third kappa shape index (κ3) is 2.50. The van der Waals surface area contributed by atoms with E-state index in [0.29, 0.717) is 13.6 Å². The van der Waals surface area contributed by atoms with Gasteiger partial charge in [-0.2, -0.15) is 0 Å². The minimum atomic E-state index is -2.57. The summed E-state index contributed by atoms with van der Waals surface area (Å²) in [6.07, 6.45) is -2.57. The van der Waals surface area contributed by atoms with E-state index in [2.05, 4.69) is 15.9 Å². The predicted molar refractivity (Wildman–Crippen MR) is 61.8 cm³/mol. The Bertz CT molecular complexity index is 379. The average Bonchev–Trinajstić information content (AvgIpc) is 2.08. The van der Waals surface area contributed by atoms with Gasteiger partial charge in [-0.15, -0.1) is 0 Å². The van der Waals surface area contributed by atoms with Crippen LogP contribution in [0, 0.1) is 3.57 Å². The van der Waals surface area contributed by atoms with Gasteiger partial charge in [0.2, 0.25) is 0 Å². The SMILES string of the molecule is CC(=O)c1cc(I)c(Br)c(C(F)F)c1. The van der Waals surface area contributed by atoms with Crippen LogP contribution in [0.2, 0.25) is 0 Å². The van der Waals surface area contributed by atoms with Gasteiger partial charge in [-0.25, -0.2) is 8.78 Å². The number of hydrogen-bond acceptors (Lipinski definition) is 1. The molecule has 0 aromatic heterocycles. The summed E-state index contributed by atoms with van der Waals surface area (Å²) < 4.78 is 26.0. The van der Waals surface area contributed by atoms with Crippen LogP contribution in [0.3, 0.4) is 0 Å². The maximum absolute atomic E-state index is 12.5. The number of benzene rings is 1. The van der Waals surface area contributed by atoms with Crippen molar-refractivity contribution < 1.29 is 13.6 Å². The zero-order chi connectivity index (χ0) is 10.9. The molecule has 1 aromatic carbocycles. The lowest BCUT2D eigenvalue weighted by Crippen LogP contribution is -1.98. The van der Waals surface area contributed by atoms with Gasteiger partial charge in [-0.3, -0.25) is 4.79 Å². The average molecular weight is 375 g/mol. The molecule has 1 rings (SSSR count). The van der Waals surface area contributed by atoms with Crippen molar-refractivity contribution in [3.8, 4) is 0 Å². The number of Topliss-reactive ketones (excluding diaryl/α,β-unsaturated/α-hetero) is 1. The van der Waals surface area contributed by atoms with E-state index in [9.17, 15) is 13.6 Å². The summed E-state index contributed by atoms with van der Waals surface area (Å²) >= 11 is 4.98. The minimum Gasteiger partial charge on any atom is -0.295 e. The van der Waals surface area contributed by atoms with Crippen molar-refractivity contribution in [1.82, 2.24) is 0 Å². The first kappa shape index (κ1) is 12.0. The molecule has 0 heterocycles. The lowest BCUT2D eigenvalue weighted by molar-refractivity contribution is 0.101. The lowest BCUT2D eigenvalue weighted by Gasteiger charge is -2.07. The molecule has 1 nitrogen and oxygen atoms in total. The van der Waals surface area contributed by atoms with E-state index in [0.717, 1.165) is 0 Å². The first-order chi connectivity index (χ1) is 6.43. The summed E-state index contributed by atoms with van der Waals surface area (Å²) in [7, 11) is 0. The molecule has 0 spiro atoms. The first-order valence-corrected chi connectivity index (χ1v) is 5.58. The highest BCUT2D eigenvalue weighted by Crippen LogP contribution is 2.32. The molecule has 0 unspecified atom stereocenters. The normalized spacial score (nSPS) is 10.7. The maximum Gasteiger partial charge on any atom is 0.264 e. The summed E-state index contributed by atoms with van der Waals surface area (Å²) in [5.41, 5.74) is 0.176. The van der Waals surface area contributed by atoms with Gasteiger partial charge in [0.25, 0.3) is 6.43 Å². The number of halogens is 4. The van der Waals surface area contributed by atoms with Gasteiger partial charge >= 0.3 is 0 Å². The fourth-order valence-corrected chi connectivity index (χ4v) is 2.02. The summed E-state index contributed by atoms with van der Waals surface area (Å²) in [5, 5.41) is 0. The Labute approximate surface area is 102 Å². The molecule has 0 saturated heterocycles. The number of hydrogen-bond donors (Lipinski definition) is 0. The molecule has 0 bridgehead atoms. The second kappa shape index (κ2) is 4.65. The van der Waals surface area contributed by atoms with E-state index < -0.39 is 6.43 Å². The van der Waals surface area contributed by atoms with Crippen LogP contribution in [0.5, 0.6) is 0 Å². The Morgan fingerprint density at radius 3 is 2.50 bits per heavy atom. The monoisotopic (exact) mass is 374 g/mol. The zero-order valence-electron chi connectivity index (χ0n) is 7.15. The molecule has 0 aliphatic heterocycles. The molecule has 0 atom stereocenters. The highest BCUT2D eigenvalue weighted by molar-refractivity contribution is 14.1. The van der Waals surface area contributed by atoms with Crippen molar-refractivity contribution in [1.29, 1.82) is 0 Å². The maximum atomic E-state index is 12.5. The van der Waals surface area contributed by atoms with Crippen LogP contribution >= 0.6 is 38.5 Å². The zero-order valence-corrected chi connectivity index (χ0v) is 10.9. The molecular weight excluding hydrogens is 369 g/mol. The quantitative estimate of drug-likeness (QED) is 0.560. The Kier molecular flexibility index (Phi) is 4.00. The van der Waals surface area contributed by atoms with Crippen molar-refractivity contribution in [3.05, 3.63) is 31.3 Å². The molecule has 76 valence electrons. The highest BCUT2D eigenvalue weighted by atomic mass is 127. The van der Waals surface area contributed by atoms with Crippen LogP contribution in [0.25, 0.3) is 0 Å². The van der Waals surface area contributed by atoms with E-state index in [1.54, 1.807) is 6.07 Å². The number of rotatable bonds is 2. The molecule has 0 radical (unpaired) electrons. The van der Waals surface area contributed by atoms with E-state index >= 15 is 0 Å². The molecule has 0 N–H and O–H groups in total. The predicted octanol–water partition coefficient (Wildman–Crippen LogP) is 4.19. The van der Waals surface area contributed by atoms with Crippen molar-refractivity contribution >= 4 is 44.3 Å². The molecule has 0 aliphatic rings. The van der Waals surface area contributed by atoms with Crippen LogP contribution < -0.4 is 0 Å². The smallest absolute Gasteiger partial charge is 0.264 e. The first-order valence-electron chi connectivity index (χ1n) is 3.71. The van der Waals surface area contributed by atoms with E-state index in [1.165, 1.54) is 13.0 Å². The van der Waals surface area contributed by atoms with Gasteiger partial charge < -0.3 is 0 Å². The highest BCUT2D eigenvalue weighted by Gasteiger charge is 2.16. The molecule has 1 aromatic rings. The van der Waals surface area contributed by atoms with Gasteiger partial charge in [-0.1, -0.05) is 0 Å². The van der Waals surface area contributed by atoms with Crippen LogP contribution in [0.1, 0.15) is 29.3 Å². The van der Waals surface area contributed by atoms with E-state index in [-0.39, 0.29) is 11.3 Å². The molecule has 0 amide bonds. The van der Waals surface area contributed by atoms with Crippen LogP contribution in [0.4, 0.5) is 8.78 Å². The van der Waals surface area contributed by atoms with Crippen LogP contribution in [0.15, 0.2) is 16.6 Å². The standard InChI is InChI=1S/C9H6BrF2IO/c1-4(14)5-2-6(9(11)12)8(10)7(13)3-5/h2-3,9H,1H3. The Morgan fingerprint density at radius 2 is 2.07 bits per heavy atom. The third-order valence-corrected chi connectivity index (χ3v) is 4.18. The molecular formula is C9H6BrF2IO. The largest absolute Gasteiger partial charge is 0.295 e. The Hall–Kier alpha value is -0.0400. The van der Waals surface area contributed by atoms with Crippen molar-refractivity contribution in [2.24, 2.45) is 0 Å². The number of carbonyl (C=O) groups is 1.